The standard InChI is InChI=1S/C21H30O5/c1-11(2)8-7-9-21(6)15(22)10-14-18(24)13(5)19(25)16(20(14)26-21)17(23)12(3)4/h8,12,15,22,24-25H,7,9-10H2,1-6H3. The van der Waals surface area contributed by atoms with Crippen LogP contribution in [0.5, 0.6) is 17.2 Å². The van der Waals surface area contributed by atoms with Gasteiger partial charge in [-0.05, 0) is 40.5 Å². The molecule has 1 heterocycles. The minimum atomic E-state index is -0.904. The number of hydrogen-bond acceptors (Lipinski definition) is 5. The van der Waals surface area contributed by atoms with E-state index in [4.69, 9.17) is 4.74 Å². The van der Waals surface area contributed by atoms with E-state index in [1.807, 2.05) is 13.8 Å². The van der Waals surface area contributed by atoms with Gasteiger partial charge in [-0.1, -0.05) is 25.5 Å². The molecule has 5 heteroatoms. The maximum absolute atomic E-state index is 12.7. The molecule has 0 aliphatic carbocycles. The maximum Gasteiger partial charge on any atom is 0.172 e. The minimum Gasteiger partial charge on any atom is -0.507 e. The zero-order valence-corrected chi connectivity index (χ0v) is 16.5. The number of ether oxygens (including phenoxy) is 1. The molecule has 0 saturated heterocycles. The fourth-order valence-corrected chi connectivity index (χ4v) is 3.29. The van der Waals surface area contributed by atoms with E-state index in [1.54, 1.807) is 27.7 Å². The molecule has 2 rings (SSSR count). The van der Waals surface area contributed by atoms with E-state index in [-0.39, 0.29) is 46.5 Å². The van der Waals surface area contributed by atoms with Crippen LogP contribution in [-0.2, 0) is 6.42 Å². The van der Waals surface area contributed by atoms with Gasteiger partial charge in [-0.3, -0.25) is 4.79 Å². The third kappa shape index (κ3) is 3.58. The summed E-state index contributed by atoms with van der Waals surface area (Å²) in [6.07, 6.45) is 2.71. The monoisotopic (exact) mass is 362 g/mol. The molecule has 0 spiro atoms. The summed E-state index contributed by atoms with van der Waals surface area (Å²) < 4.78 is 6.11. The predicted molar refractivity (Wildman–Crippen MR) is 101 cm³/mol. The number of rotatable bonds is 5. The molecule has 2 atom stereocenters. The lowest BCUT2D eigenvalue weighted by atomic mass is 9.82. The van der Waals surface area contributed by atoms with Gasteiger partial charge in [0.25, 0.3) is 0 Å². The van der Waals surface area contributed by atoms with Crippen LogP contribution in [0.3, 0.4) is 0 Å². The molecule has 1 aliphatic heterocycles. The third-order valence-electron chi connectivity index (χ3n) is 5.14. The van der Waals surface area contributed by atoms with Gasteiger partial charge in [0.05, 0.1) is 6.10 Å². The lowest BCUT2D eigenvalue weighted by Crippen LogP contribution is -2.49. The number of fused-ring (bicyclic) bond motifs is 1. The lowest BCUT2D eigenvalue weighted by Gasteiger charge is -2.41. The molecular weight excluding hydrogens is 332 g/mol. The van der Waals surface area contributed by atoms with E-state index in [1.165, 1.54) is 5.57 Å². The van der Waals surface area contributed by atoms with E-state index in [9.17, 15) is 20.1 Å². The van der Waals surface area contributed by atoms with Gasteiger partial charge in [-0.15, -0.1) is 0 Å². The molecule has 0 bridgehead atoms. The van der Waals surface area contributed by atoms with E-state index in [2.05, 4.69) is 6.08 Å². The van der Waals surface area contributed by atoms with Gasteiger partial charge in [0.2, 0.25) is 0 Å². The molecule has 1 aromatic rings. The number of carbonyl (C=O) groups is 1. The number of phenols is 2. The highest BCUT2D eigenvalue weighted by Crippen LogP contribution is 2.48. The highest BCUT2D eigenvalue weighted by atomic mass is 16.5. The molecule has 3 N–H and O–H groups in total. The molecule has 0 saturated carbocycles. The Balaban J connectivity index is 2.56. The fraction of sp³-hybridized carbons (Fsp3) is 0.571. The second kappa shape index (κ2) is 7.31. The molecule has 0 radical (unpaired) electrons. The number of Topliss-reactive ketones (excluding diaryl/α,β-unsaturated/α-hetero) is 1. The topological polar surface area (TPSA) is 87.0 Å². The number of allylic oxidation sites excluding steroid dienone is 2. The molecule has 5 nitrogen and oxygen atoms in total. The van der Waals surface area contributed by atoms with Crippen molar-refractivity contribution in [1.29, 1.82) is 0 Å². The van der Waals surface area contributed by atoms with E-state index in [0.29, 0.717) is 12.0 Å². The lowest BCUT2D eigenvalue weighted by molar-refractivity contribution is -0.0597. The van der Waals surface area contributed by atoms with Crippen LogP contribution >= 0.6 is 0 Å². The first-order valence-corrected chi connectivity index (χ1v) is 9.11. The largest absolute Gasteiger partial charge is 0.507 e. The Hall–Kier alpha value is -2.01. The summed E-state index contributed by atoms with van der Waals surface area (Å²) in [6.45, 7) is 10.9. The van der Waals surface area contributed by atoms with E-state index >= 15 is 0 Å². The first-order chi connectivity index (χ1) is 12.0. The van der Waals surface area contributed by atoms with Crippen LogP contribution in [-0.4, -0.2) is 32.8 Å². The molecule has 1 aliphatic rings. The van der Waals surface area contributed by atoms with Crippen molar-refractivity contribution in [1.82, 2.24) is 0 Å². The van der Waals surface area contributed by atoms with Crippen molar-refractivity contribution >= 4 is 5.78 Å². The molecule has 0 amide bonds. The third-order valence-corrected chi connectivity index (χ3v) is 5.14. The summed E-state index contributed by atoms with van der Waals surface area (Å²) in [4.78, 5) is 12.7. The van der Waals surface area contributed by atoms with Gasteiger partial charge in [-0.2, -0.15) is 0 Å². The summed E-state index contributed by atoms with van der Waals surface area (Å²) in [5.74, 6) is -0.744. The van der Waals surface area contributed by atoms with E-state index in [0.717, 1.165) is 6.42 Å². The highest BCUT2D eigenvalue weighted by Gasteiger charge is 2.43. The van der Waals surface area contributed by atoms with Crippen molar-refractivity contribution in [2.75, 3.05) is 0 Å². The van der Waals surface area contributed by atoms with Crippen molar-refractivity contribution in [2.24, 2.45) is 5.92 Å². The molecular formula is C21H30O5. The summed E-state index contributed by atoms with van der Waals surface area (Å²) >= 11 is 0. The first-order valence-electron chi connectivity index (χ1n) is 9.11. The van der Waals surface area contributed by atoms with Crippen LogP contribution in [0.1, 0.15) is 68.9 Å². The number of aromatic hydroxyl groups is 2. The Bertz CT molecular complexity index is 744. The Morgan fingerprint density at radius 3 is 2.46 bits per heavy atom. The number of aliphatic hydroxyl groups is 1. The fourth-order valence-electron chi connectivity index (χ4n) is 3.29. The summed E-state index contributed by atoms with van der Waals surface area (Å²) in [5.41, 5.74) is 0.999. The van der Waals surface area contributed by atoms with Gasteiger partial charge in [-0.25, -0.2) is 0 Å². The summed E-state index contributed by atoms with van der Waals surface area (Å²) in [6, 6.07) is 0. The minimum absolute atomic E-state index is 0.102. The Morgan fingerprint density at radius 1 is 1.31 bits per heavy atom. The Kier molecular flexibility index (Phi) is 5.71. The molecule has 1 aromatic carbocycles. The van der Waals surface area contributed by atoms with Crippen LogP contribution in [0, 0.1) is 12.8 Å². The van der Waals surface area contributed by atoms with Gasteiger partial charge < -0.3 is 20.1 Å². The predicted octanol–water partition coefficient (Wildman–Crippen LogP) is 4.05. The van der Waals surface area contributed by atoms with Gasteiger partial charge in [0, 0.05) is 23.5 Å². The van der Waals surface area contributed by atoms with E-state index < -0.39 is 11.7 Å². The zero-order valence-electron chi connectivity index (χ0n) is 16.5. The number of phenolic OH excluding ortho intramolecular Hbond substituents is 2. The quantitative estimate of drug-likeness (QED) is 0.543. The normalized spacial score (nSPS) is 21.9. The maximum atomic E-state index is 12.7. The van der Waals surface area contributed by atoms with Gasteiger partial charge >= 0.3 is 0 Å². The molecule has 26 heavy (non-hydrogen) atoms. The average molecular weight is 362 g/mol. The van der Waals surface area contributed by atoms with Crippen molar-refractivity contribution in [2.45, 2.75) is 72.5 Å². The summed E-state index contributed by atoms with van der Waals surface area (Å²) in [5, 5.41) is 31.6. The Labute approximate surface area is 155 Å². The van der Waals surface area contributed by atoms with Crippen LogP contribution in [0.4, 0.5) is 0 Å². The first kappa shape index (κ1) is 20.3. The van der Waals surface area contributed by atoms with Gasteiger partial charge in [0.15, 0.2) is 5.78 Å². The molecule has 2 unspecified atom stereocenters. The second-order valence-corrected chi connectivity index (χ2v) is 7.98. The number of aliphatic hydroxyl groups excluding tert-OH is 1. The zero-order chi connectivity index (χ0) is 19.8. The van der Waals surface area contributed by atoms with Crippen LogP contribution < -0.4 is 4.74 Å². The summed E-state index contributed by atoms with van der Waals surface area (Å²) in [7, 11) is 0. The van der Waals surface area contributed by atoms with Crippen molar-refractivity contribution < 1.29 is 24.9 Å². The van der Waals surface area contributed by atoms with Crippen LogP contribution in [0.15, 0.2) is 11.6 Å². The van der Waals surface area contributed by atoms with Crippen LogP contribution in [0.2, 0.25) is 0 Å². The number of ketones is 1. The smallest absolute Gasteiger partial charge is 0.172 e. The second-order valence-electron chi connectivity index (χ2n) is 7.98. The number of benzene rings is 1. The number of carbonyl (C=O) groups excluding carboxylic acids is 1. The molecule has 0 fully saturated rings. The highest BCUT2D eigenvalue weighted by molar-refractivity contribution is 6.03. The molecule has 0 aromatic heterocycles. The molecule has 144 valence electrons. The Morgan fingerprint density at radius 2 is 1.92 bits per heavy atom. The SMILES string of the molecule is CC(C)=CCCC1(C)Oc2c(c(O)c(C)c(O)c2C(=O)C(C)C)CC1O. The van der Waals surface area contributed by atoms with Crippen LogP contribution in [0.25, 0.3) is 0 Å². The van der Waals surface area contributed by atoms with Crippen molar-refractivity contribution in [3.8, 4) is 17.2 Å². The van der Waals surface area contributed by atoms with Crippen molar-refractivity contribution in [3.05, 3.63) is 28.3 Å². The number of hydrogen-bond donors (Lipinski definition) is 3. The van der Waals surface area contributed by atoms with Gasteiger partial charge in [0.1, 0.15) is 28.4 Å². The average Bonchev–Trinajstić information content (AvgIpc) is 2.54. The van der Waals surface area contributed by atoms with Crippen molar-refractivity contribution in [3.63, 3.8) is 0 Å².